The number of halogens is 4. The van der Waals surface area contributed by atoms with Crippen LogP contribution in [0.15, 0.2) is 48.5 Å². The number of rotatable bonds is 6. The number of nitrogens with one attached hydrogen (secondary N) is 3. The number of hydrogen-bond acceptors (Lipinski definition) is 5. The Kier molecular flexibility index (Phi) is 7.42. The Hall–Kier alpha value is -2.65. The predicted octanol–water partition coefficient (Wildman–Crippen LogP) is 6.75. The van der Waals surface area contributed by atoms with Crippen LogP contribution in [0.4, 0.5) is 24.5 Å². The summed E-state index contributed by atoms with van der Waals surface area (Å²) in [6, 6.07) is 13.0. The van der Waals surface area contributed by atoms with Crippen molar-refractivity contribution < 1.29 is 18.0 Å². The highest BCUT2D eigenvalue weighted by molar-refractivity contribution is 7.99. The van der Waals surface area contributed by atoms with Crippen molar-refractivity contribution in [2.75, 3.05) is 16.3 Å². The summed E-state index contributed by atoms with van der Waals surface area (Å²) in [5, 5.41) is 7.33. The van der Waals surface area contributed by atoms with E-state index in [1.54, 1.807) is 18.2 Å². The molecule has 0 atom stereocenters. The van der Waals surface area contributed by atoms with Gasteiger partial charge in [0.15, 0.2) is 0 Å². The molecule has 1 fully saturated rings. The highest BCUT2D eigenvalue weighted by Crippen LogP contribution is 2.35. The number of pyridine rings is 1. The van der Waals surface area contributed by atoms with E-state index >= 15 is 0 Å². The van der Waals surface area contributed by atoms with Gasteiger partial charge in [-0.05, 0) is 68.1 Å². The van der Waals surface area contributed by atoms with Gasteiger partial charge in [-0.2, -0.15) is 13.2 Å². The zero-order valence-corrected chi connectivity index (χ0v) is 19.9. The summed E-state index contributed by atoms with van der Waals surface area (Å²) in [6.45, 7) is 0. The first-order valence-electron chi connectivity index (χ1n) is 10.9. The first kappa shape index (κ1) is 24.5. The number of hydrogen-bond donors (Lipinski definition) is 3. The van der Waals surface area contributed by atoms with Gasteiger partial charge in [-0.1, -0.05) is 29.6 Å². The molecule has 10 heteroatoms. The summed E-state index contributed by atoms with van der Waals surface area (Å²) in [4.78, 5) is 16.4. The quantitative estimate of drug-likeness (QED) is 0.321. The Morgan fingerprint density at radius 3 is 2.50 bits per heavy atom. The number of aromatic nitrogens is 1. The van der Waals surface area contributed by atoms with Gasteiger partial charge in [-0.3, -0.25) is 4.79 Å². The fourth-order valence-electron chi connectivity index (χ4n) is 4.18. The van der Waals surface area contributed by atoms with E-state index in [9.17, 15) is 18.0 Å². The monoisotopic (exact) mass is 508 g/mol. The van der Waals surface area contributed by atoms with Gasteiger partial charge in [-0.15, -0.1) is 0 Å². The maximum absolute atomic E-state index is 13.4. The van der Waals surface area contributed by atoms with Crippen molar-refractivity contribution in [3.8, 4) is 0 Å². The Bertz CT molecular complexity index is 1180. The molecule has 34 heavy (non-hydrogen) atoms. The fourth-order valence-corrected chi connectivity index (χ4v) is 4.71. The molecule has 0 aliphatic heterocycles. The van der Waals surface area contributed by atoms with Crippen LogP contribution < -0.4 is 15.4 Å². The number of carbonyl (C=O) groups is 1. The average molecular weight is 509 g/mol. The van der Waals surface area contributed by atoms with Gasteiger partial charge < -0.3 is 15.4 Å². The van der Waals surface area contributed by atoms with E-state index < -0.39 is 11.9 Å². The number of carbonyl (C=O) groups excluding carboxylic acids is 1. The molecule has 5 nitrogen and oxygen atoms in total. The first-order valence-corrected chi connectivity index (χ1v) is 12.5. The zero-order valence-electron chi connectivity index (χ0n) is 18.4. The lowest BCUT2D eigenvalue weighted by molar-refractivity contribution is -0.140. The van der Waals surface area contributed by atoms with Crippen LogP contribution in [-0.4, -0.2) is 29.2 Å². The minimum atomic E-state index is -4.55. The van der Waals surface area contributed by atoms with Crippen LogP contribution in [0.1, 0.15) is 41.7 Å². The van der Waals surface area contributed by atoms with Crippen molar-refractivity contribution in [3.63, 3.8) is 0 Å². The average Bonchev–Trinajstić information content (AvgIpc) is 2.80. The Balaban J connectivity index is 1.42. The largest absolute Gasteiger partial charge is 0.433 e. The molecule has 3 N–H and O–H groups in total. The van der Waals surface area contributed by atoms with Crippen molar-refractivity contribution in [1.82, 2.24) is 10.3 Å². The third kappa shape index (κ3) is 5.88. The van der Waals surface area contributed by atoms with Gasteiger partial charge in [0.1, 0.15) is 5.69 Å². The second kappa shape index (κ2) is 10.3. The molecule has 0 spiro atoms. The number of fused-ring (bicyclic) bond motifs is 1. The number of alkyl halides is 3. The highest BCUT2D eigenvalue weighted by atomic mass is 35.5. The van der Waals surface area contributed by atoms with Crippen LogP contribution in [0.25, 0.3) is 10.9 Å². The van der Waals surface area contributed by atoms with Crippen LogP contribution in [0.5, 0.6) is 0 Å². The lowest BCUT2D eigenvalue weighted by Crippen LogP contribution is -2.40. The van der Waals surface area contributed by atoms with Crippen molar-refractivity contribution in [1.29, 1.82) is 0 Å². The molecular formula is C24H24ClF3N4OS. The summed E-state index contributed by atoms with van der Waals surface area (Å²) in [7, 11) is 0. The fraction of sp³-hybridized carbons (Fsp3) is 0.333. The Morgan fingerprint density at radius 2 is 1.79 bits per heavy atom. The van der Waals surface area contributed by atoms with Crippen LogP contribution in [-0.2, 0) is 6.18 Å². The lowest BCUT2D eigenvalue weighted by Gasteiger charge is -2.31. The smallest absolute Gasteiger partial charge is 0.382 e. The summed E-state index contributed by atoms with van der Waals surface area (Å²) >= 11 is 7.54. The molecule has 1 aliphatic carbocycles. The third-order valence-corrected chi connectivity index (χ3v) is 6.50. The topological polar surface area (TPSA) is 66.1 Å². The SMILES string of the molecule is CSNc1cccc(C(=O)NC2CCC(Nc3cc(C(F)(F)F)nc4ccc(Cl)cc34)CC2)c1. The van der Waals surface area contributed by atoms with Crippen molar-refractivity contribution >= 4 is 51.7 Å². The number of amides is 1. The molecule has 1 aliphatic rings. The molecule has 1 amide bonds. The van der Waals surface area contributed by atoms with Gasteiger partial charge in [-0.25, -0.2) is 4.98 Å². The minimum absolute atomic E-state index is 0.0112. The van der Waals surface area contributed by atoms with E-state index in [0.717, 1.165) is 24.6 Å². The third-order valence-electron chi connectivity index (χ3n) is 5.83. The van der Waals surface area contributed by atoms with E-state index in [0.29, 0.717) is 34.5 Å². The minimum Gasteiger partial charge on any atom is -0.382 e. The number of benzene rings is 2. The van der Waals surface area contributed by atoms with Crippen molar-refractivity contribution in [2.24, 2.45) is 0 Å². The summed E-state index contributed by atoms with van der Waals surface area (Å²) in [5.41, 5.74) is 1.10. The normalized spacial score (nSPS) is 18.5. The molecule has 1 heterocycles. The Morgan fingerprint density at radius 1 is 1.06 bits per heavy atom. The molecule has 1 saturated carbocycles. The van der Waals surface area contributed by atoms with Gasteiger partial charge >= 0.3 is 6.18 Å². The van der Waals surface area contributed by atoms with E-state index in [4.69, 9.17) is 11.6 Å². The molecule has 0 unspecified atom stereocenters. The van der Waals surface area contributed by atoms with Crippen LogP contribution >= 0.6 is 23.5 Å². The van der Waals surface area contributed by atoms with E-state index in [1.807, 2.05) is 18.4 Å². The van der Waals surface area contributed by atoms with Gasteiger partial charge in [0.05, 0.1) is 5.52 Å². The molecular weight excluding hydrogens is 485 g/mol. The highest BCUT2D eigenvalue weighted by Gasteiger charge is 2.34. The molecule has 1 aromatic heterocycles. The van der Waals surface area contributed by atoms with E-state index in [1.165, 1.54) is 24.1 Å². The number of nitrogens with zero attached hydrogens (tertiary/aromatic N) is 1. The zero-order chi connectivity index (χ0) is 24.3. The molecule has 180 valence electrons. The molecule has 3 aromatic rings. The Labute approximate surface area is 205 Å². The van der Waals surface area contributed by atoms with Crippen molar-refractivity contribution in [3.05, 3.63) is 64.8 Å². The van der Waals surface area contributed by atoms with Crippen LogP contribution in [0, 0.1) is 0 Å². The number of anilines is 2. The van der Waals surface area contributed by atoms with Gasteiger partial charge in [0.2, 0.25) is 0 Å². The predicted molar refractivity (Wildman–Crippen MR) is 132 cm³/mol. The molecule has 4 rings (SSSR count). The first-order chi connectivity index (χ1) is 16.2. The van der Waals surface area contributed by atoms with E-state index in [-0.39, 0.29) is 23.5 Å². The van der Waals surface area contributed by atoms with Gasteiger partial charge in [0, 0.05) is 45.7 Å². The van der Waals surface area contributed by atoms with Crippen LogP contribution in [0.2, 0.25) is 5.02 Å². The van der Waals surface area contributed by atoms with Crippen molar-refractivity contribution in [2.45, 2.75) is 43.9 Å². The second-order valence-electron chi connectivity index (χ2n) is 8.27. The second-order valence-corrected chi connectivity index (χ2v) is 9.32. The standard InChI is InChI=1S/C24H24ClF3N4OS/c1-34-32-18-4-2-3-14(11-18)23(33)30-17-8-6-16(7-9-17)29-21-13-22(24(26,27)28)31-20-10-5-15(25)12-19(20)21/h2-5,10-13,16-17,32H,6-9H2,1H3,(H,29,31)(H,30,33). The van der Waals surface area contributed by atoms with Crippen LogP contribution in [0.3, 0.4) is 0 Å². The van der Waals surface area contributed by atoms with E-state index in [2.05, 4.69) is 20.3 Å². The molecule has 0 radical (unpaired) electrons. The van der Waals surface area contributed by atoms with Gasteiger partial charge in [0.25, 0.3) is 5.91 Å². The summed E-state index contributed by atoms with van der Waals surface area (Å²) < 4.78 is 43.2. The summed E-state index contributed by atoms with van der Waals surface area (Å²) in [6.07, 6.45) is 0.237. The maximum Gasteiger partial charge on any atom is 0.433 e. The molecule has 2 aromatic carbocycles. The lowest BCUT2D eigenvalue weighted by atomic mass is 9.90. The molecule has 0 bridgehead atoms. The maximum atomic E-state index is 13.4. The summed E-state index contributed by atoms with van der Waals surface area (Å²) in [5.74, 6) is -0.134. The molecule has 0 saturated heterocycles.